The number of H-pyrrole nitrogens is 1. The Morgan fingerprint density at radius 1 is 1.15 bits per heavy atom. The number of amides is 1. The van der Waals surface area contributed by atoms with E-state index in [1.54, 1.807) is 11.0 Å². The van der Waals surface area contributed by atoms with Gasteiger partial charge < -0.3 is 20.0 Å². The summed E-state index contributed by atoms with van der Waals surface area (Å²) in [6.07, 6.45) is 1.59. The van der Waals surface area contributed by atoms with Gasteiger partial charge in [-0.2, -0.15) is 5.10 Å². The fourth-order valence-corrected chi connectivity index (χ4v) is 5.45. The molecule has 1 amide bonds. The number of aromatic nitrogens is 8. The SMILES string of the molecule is CC1=C(C(=O)Nc2ccc3[nH]nc(-c4cc(N5CCN(C)[C@@H](C)C5)ncn4)c3c2)C(C)(C)n2nnnc2N1C. The maximum Gasteiger partial charge on any atom is 0.255 e. The van der Waals surface area contributed by atoms with Crippen LogP contribution in [0.4, 0.5) is 17.5 Å². The van der Waals surface area contributed by atoms with Crippen LogP contribution in [0.25, 0.3) is 22.3 Å². The number of carbonyl (C=O) groups excluding carboxylic acids is 1. The monoisotopic (exact) mass is 528 g/mol. The summed E-state index contributed by atoms with van der Waals surface area (Å²) in [5.74, 6) is 1.26. The number of nitrogens with zero attached hydrogens (tertiary/aromatic N) is 10. The number of allylic oxidation sites excluding steroid dienone is 1. The Morgan fingerprint density at radius 2 is 1.97 bits per heavy atom. The van der Waals surface area contributed by atoms with Crippen molar-refractivity contribution in [1.29, 1.82) is 0 Å². The van der Waals surface area contributed by atoms with Gasteiger partial charge in [-0.3, -0.25) is 9.89 Å². The lowest BCUT2D eigenvalue weighted by Crippen LogP contribution is -2.50. The van der Waals surface area contributed by atoms with Crippen LogP contribution in [0.3, 0.4) is 0 Å². The van der Waals surface area contributed by atoms with Crippen LogP contribution in [0.1, 0.15) is 27.7 Å². The Hall–Kier alpha value is -4.39. The Kier molecular flexibility index (Phi) is 5.83. The molecule has 13 nitrogen and oxygen atoms in total. The van der Waals surface area contributed by atoms with Gasteiger partial charge in [-0.25, -0.2) is 14.6 Å². The number of hydrogen-bond acceptors (Lipinski definition) is 10. The van der Waals surface area contributed by atoms with Crippen LogP contribution in [0.2, 0.25) is 0 Å². The second kappa shape index (κ2) is 9.12. The fraction of sp³-hybridized carbons (Fsp3) is 0.423. The van der Waals surface area contributed by atoms with Crippen molar-refractivity contribution in [2.75, 3.05) is 48.8 Å². The van der Waals surface area contributed by atoms with Gasteiger partial charge in [0, 0.05) is 55.6 Å². The summed E-state index contributed by atoms with van der Waals surface area (Å²) in [7, 11) is 4.00. The quantitative estimate of drug-likeness (QED) is 0.406. The van der Waals surface area contributed by atoms with Crippen molar-refractivity contribution in [3.63, 3.8) is 0 Å². The molecular formula is C26H32N12O. The van der Waals surface area contributed by atoms with Gasteiger partial charge in [-0.1, -0.05) is 5.10 Å². The molecular weight excluding hydrogens is 496 g/mol. The molecule has 0 unspecified atom stereocenters. The molecule has 0 spiro atoms. The highest BCUT2D eigenvalue weighted by Gasteiger charge is 2.41. The molecule has 13 heteroatoms. The summed E-state index contributed by atoms with van der Waals surface area (Å²) in [5.41, 5.74) is 3.57. The van der Waals surface area contributed by atoms with Crippen LogP contribution in [0, 0.1) is 0 Å². The highest BCUT2D eigenvalue weighted by molar-refractivity contribution is 6.07. The highest BCUT2D eigenvalue weighted by atomic mass is 16.1. The number of anilines is 3. The van der Waals surface area contributed by atoms with Gasteiger partial charge in [0.05, 0.1) is 22.3 Å². The zero-order valence-corrected chi connectivity index (χ0v) is 23.0. The summed E-state index contributed by atoms with van der Waals surface area (Å²) in [4.78, 5) is 29.2. The molecule has 5 heterocycles. The molecule has 1 atom stereocenters. The van der Waals surface area contributed by atoms with Crippen LogP contribution in [0.15, 0.2) is 41.9 Å². The molecule has 0 saturated carbocycles. The predicted octanol–water partition coefficient (Wildman–Crippen LogP) is 2.24. The van der Waals surface area contributed by atoms with Gasteiger partial charge in [-0.15, -0.1) is 0 Å². The number of piperazine rings is 1. The molecule has 3 aromatic heterocycles. The molecule has 1 saturated heterocycles. The molecule has 39 heavy (non-hydrogen) atoms. The number of aromatic amines is 1. The third kappa shape index (κ3) is 4.09. The van der Waals surface area contributed by atoms with Crippen LogP contribution in [0.5, 0.6) is 0 Å². The van der Waals surface area contributed by atoms with E-state index in [1.165, 1.54) is 0 Å². The smallest absolute Gasteiger partial charge is 0.255 e. The first-order valence-corrected chi connectivity index (χ1v) is 13.0. The topological polar surface area (TPSA) is 137 Å². The molecule has 0 aliphatic carbocycles. The van der Waals surface area contributed by atoms with E-state index < -0.39 is 5.54 Å². The standard InChI is InChI=1S/C26H32N12O/c1-15-13-37(10-9-35(15)5)21-12-20(27-14-28-21)23-18-11-17(7-8-19(18)30-31-23)29-24(39)22-16(2)36(6)25-32-33-34-38(25)26(22,3)4/h7-8,11-12,14-15H,9-10,13H2,1-6H3,(H,29,39)(H,30,31)/t15-/m0/s1. The second-order valence-corrected chi connectivity index (χ2v) is 10.8. The molecule has 6 rings (SSSR count). The first kappa shape index (κ1) is 24.9. The van der Waals surface area contributed by atoms with E-state index in [0.29, 0.717) is 28.9 Å². The lowest BCUT2D eigenvalue weighted by atomic mass is 9.89. The number of rotatable bonds is 4. The van der Waals surface area contributed by atoms with E-state index in [-0.39, 0.29) is 5.91 Å². The maximum atomic E-state index is 13.6. The lowest BCUT2D eigenvalue weighted by molar-refractivity contribution is -0.113. The highest BCUT2D eigenvalue weighted by Crippen LogP contribution is 2.37. The zero-order valence-electron chi connectivity index (χ0n) is 23.0. The first-order chi connectivity index (χ1) is 18.6. The van der Waals surface area contributed by atoms with Gasteiger partial charge in [0.1, 0.15) is 17.8 Å². The number of nitrogens with one attached hydrogen (secondary N) is 2. The number of fused-ring (bicyclic) bond motifs is 2. The van der Waals surface area contributed by atoms with Gasteiger partial charge in [-0.05, 0) is 63.4 Å². The molecule has 202 valence electrons. The van der Waals surface area contributed by atoms with Crippen molar-refractivity contribution < 1.29 is 4.79 Å². The number of benzene rings is 1. The minimum atomic E-state index is -0.734. The molecule has 4 aromatic rings. The van der Waals surface area contributed by atoms with Crippen molar-refractivity contribution in [2.24, 2.45) is 0 Å². The Bertz CT molecular complexity index is 1600. The molecule has 2 N–H and O–H groups in total. The third-order valence-electron chi connectivity index (χ3n) is 7.99. The summed E-state index contributed by atoms with van der Waals surface area (Å²) in [6.45, 7) is 10.8. The van der Waals surface area contributed by atoms with Crippen LogP contribution in [-0.4, -0.2) is 91.0 Å². The molecule has 1 fully saturated rings. The van der Waals surface area contributed by atoms with E-state index in [1.807, 2.05) is 57.0 Å². The first-order valence-electron chi connectivity index (χ1n) is 13.0. The van der Waals surface area contributed by atoms with Crippen molar-refractivity contribution in [1.82, 2.24) is 45.3 Å². The molecule has 0 radical (unpaired) electrons. The molecule has 1 aromatic carbocycles. The van der Waals surface area contributed by atoms with Crippen molar-refractivity contribution in [3.8, 4) is 11.4 Å². The minimum Gasteiger partial charge on any atom is -0.354 e. The molecule has 0 bridgehead atoms. The zero-order chi connectivity index (χ0) is 27.5. The Balaban J connectivity index is 1.30. The number of tetrazole rings is 1. The van der Waals surface area contributed by atoms with E-state index in [2.05, 4.69) is 64.8 Å². The van der Waals surface area contributed by atoms with E-state index >= 15 is 0 Å². The van der Waals surface area contributed by atoms with E-state index in [4.69, 9.17) is 0 Å². The Labute approximate surface area is 225 Å². The average Bonchev–Trinajstić information content (AvgIpc) is 3.57. The van der Waals surface area contributed by atoms with Crippen LogP contribution >= 0.6 is 0 Å². The number of likely N-dealkylation sites (N-methyl/N-ethyl adjacent to an activating group) is 1. The third-order valence-corrected chi connectivity index (χ3v) is 7.99. The molecule has 2 aliphatic rings. The van der Waals surface area contributed by atoms with Gasteiger partial charge in [0.15, 0.2) is 0 Å². The molecule has 2 aliphatic heterocycles. The van der Waals surface area contributed by atoms with Crippen molar-refractivity contribution in [2.45, 2.75) is 39.3 Å². The normalized spacial score (nSPS) is 19.5. The number of carbonyl (C=O) groups is 1. The van der Waals surface area contributed by atoms with Gasteiger partial charge in [0.25, 0.3) is 5.91 Å². The number of hydrogen-bond donors (Lipinski definition) is 2. The van der Waals surface area contributed by atoms with Gasteiger partial charge >= 0.3 is 0 Å². The van der Waals surface area contributed by atoms with Gasteiger partial charge in [0.2, 0.25) is 5.95 Å². The fourth-order valence-electron chi connectivity index (χ4n) is 5.45. The summed E-state index contributed by atoms with van der Waals surface area (Å²) < 4.78 is 1.67. The van der Waals surface area contributed by atoms with Crippen LogP contribution < -0.4 is 15.1 Å². The predicted molar refractivity (Wildman–Crippen MR) is 148 cm³/mol. The van der Waals surface area contributed by atoms with Crippen LogP contribution in [-0.2, 0) is 10.3 Å². The average molecular weight is 529 g/mol. The summed E-state index contributed by atoms with van der Waals surface area (Å²) >= 11 is 0. The summed E-state index contributed by atoms with van der Waals surface area (Å²) in [5, 5.41) is 23.6. The van der Waals surface area contributed by atoms with Crippen molar-refractivity contribution >= 4 is 34.3 Å². The minimum absolute atomic E-state index is 0.219. The summed E-state index contributed by atoms with van der Waals surface area (Å²) in [6, 6.07) is 8.11. The largest absolute Gasteiger partial charge is 0.354 e. The van der Waals surface area contributed by atoms with Crippen molar-refractivity contribution in [3.05, 3.63) is 41.9 Å². The van der Waals surface area contributed by atoms with E-state index in [0.717, 1.165) is 47.7 Å². The maximum absolute atomic E-state index is 13.6. The Morgan fingerprint density at radius 3 is 2.77 bits per heavy atom. The van der Waals surface area contributed by atoms with E-state index in [9.17, 15) is 4.79 Å². The lowest BCUT2D eigenvalue weighted by Gasteiger charge is -2.38. The second-order valence-electron chi connectivity index (χ2n) is 10.8.